The lowest BCUT2D eigenvalue weighted by atomic mass is 10.0. The molecule has 3 N–H and O–H groups in total. The highest BCUT2D eigenvalue weighted by molar-refractivity contribution is 5.94. The number of carbonyl (C=O) groups excluding carboxylic acids is 2. The molecule has 1 fully saturated rings. The molecule has 0 spiro atoms. The van der Waals surface area contributed by atoms with E-state index in [1.54, 1.807) is 0 Å². The van der Waals surface area contributed by atoms with Crippen molar-refractivity contribution in [3.8, 4) is 0 Å². The van der Waals surface area contributed by atoms with Crippen LogP contribution in [0.15, 0.2) is 0 Å². The molecule has 3 amide bonds. The quantitative estimate of drug-likeness (QED) is 0.603. The highest BCUT2D eigenvalue weighted by Gasteiger charge is 2.15. The minimum absolute atomic E-state index is 0.0428. The summed E-state index contributed by atoms with van der Waals surface area (Å²) in [6, 6.07) is -0.501. The van der Waals surface area contributed by atoms with Gasteiger partial charge in [0.1, 0.15) is 0 Å². The van der Waals surface area contributed by atoms with Crippen LogP contribution >= 0.6 is 0 Å². The highest BCUT2D eigenvalue weighted by atomic mass is 16.5. The molecule has 1 aliphatic rings. The Kier molecular flexibility index (Phi) is 7.64. The monoisotopic (exact) mass is 286 g/mol. The fourth-order valence-corrected chi connectivity index (χ4v) is 2.00. The minimum Gasteiger partial charge on any atom is -0.481 e. The summed E-state index contributed by atoms with van der Waals surface area (Å²) in [5.74, 6) is -0.953. The van der Waals surface area contributed by atoms with Gasteiger partial charge < -0.3 is 15.2 Å². The maximum atomic E-state index is 11.5. The van der Waals surface area contributed by atoms with E-state index < -0.39 is 12.0 Å². The second-order valence-electron chi connectivity index (χ2n) is 4.94. The van der Waals surface area contributed by atoms with Crippen LogP contribution in [0.5, 0.6) is 0 Å². The van der Waals surface area contributed by atoms with Crippen LogP contribution in [0.2, 0.25) is 0 Å². The van der Waals surface area contributed by atoms with Crippen molar-refractivity contribution in [2.24, 2.45) is 5.92 Å². The first-order valence-electron chi connectivity index (χ1n) is 6.95. The number of aliphatic carboxylic acids is 1. The molecule has 0 aromatic carbocycles. The van der Waals surface area contributed by atoms with Gasteiger partial charge in [-0.3, -0.25) is 14.9 Å². The number of amides is 3. The average molecular weight is 286 g/mol. The number of hydrogen-bond acceptors (Lipinski definition) is 4. The van der Waals surface area contributed by atoms with Crippen molar-refractivity contribution >= 4 is 17.9 Å². The number of hydrogen-bond donors (Lipinski definition) is 3. The van der Waals surface area contributed by atoms with E-state index in [4.69, 9.17) is 9.84 Å². The third-order valence-corrected chi connectivity index (χ3v) is 3.10. The molecule has 0 aromatic rings. The van der Waals surface area contributed by atoms with Gasteiger partial charge in [-0.1, -0.05) is 0 Å². The van der Waals surface area contributed by atoms with Crippen LogP contribution in [-0.2, 0) is 14.3 Å². The summed E-state index contributed by atoms with van der Waals surface area (Å²) in [6.07, 6.45) is 3.11. The molecular weight excluding hydrogens is 264 g/mol. The zero-order valence-electron chi connectivity index (χ0n) is 11.5. The summed E-state index contributed by atoms with van der Waals surface area (Å²) in [4.78, 5) is 33.1. The number of ether oxygens (including phenoxy) is 1. The number of unbranched alkanes of at least 4 members (excludes halogenated alkanes) is 1. The molecule has 0 aliphatic carbocycles. The molecule has 1 rings (SSSR count). The Morgan fingerprint density at radius 1 is 1.20 bits per heavy atom. The van der Waals surface area contributed by atoms with Crippen molar-refractivity contribution in [3.63, 3.8) is 0 Å². The molecule has 1 aliphatic heterocycles. The van der Waals surface area contributed by atoms with E-state index >= 15 is 0 Å². The fourth-order valence-electron chi connectivity index (χ4n) is 2.00. The maximum Gasteiger partial charge on any atom is 0.321 e. The molecular formula is C13H22N2O5. The van der Waals surface area contributed by atoms with Crippen LogP contribution in [-0.4, -0.2) is 42.8 Å². The number of urea groups is 1. The Morgan fingerprint density at radius 3 is 2.60 bits per heavy atom. The van der Waals surface area contributed by atoms with Crippen LogP contribution in [0.3, 0.4) is 0 Å². The molecule has 7 heteroatoms. The van der Waals surface area contributed by atoms with Crippen LogP contribution in [0.1, 0.15) is 38.5 Å². The van der Waals surface area contributed by atoms with Gasteiger partial charge in [-0.05, 0) is 31.6 Å². The first-order valence-corrected chi connectivity index (χ1v) is 6.95. The van der Waals surface area contributed by atoms with E-state index in [1.807, 2.05) is 0 Å². The van der Waals surface area contributed by atoms with Crippen molar-refractivity contribution < 1.29 is 24.2 Å². The van der Waals surface area contributed by atoms with Gasteiger partial charge in [-0.25, -0.2) is 4.79 Å². The van der Waals surface area contributed by atoms with E-state index in [-0.39, 0.29) is 18.7 Å². The van der Waals surface area contributed by atoms with Crippen molar-refractivity contribution in [1.29, 1.82) is 0 Å². The summed E-state index contributed by atoms with van der Waals surface area (Å²) in [5, 5.41) is 13.3. The first kappa shape index (κ1) is 16.4. The summed E-state index contributed by atoms with van der Waals surface area (Å²) in [6.45, 7) is 1.92. The van der Waals surface area contributed by atoms with Gasteiger partial charge in [0, 0.05) is 26.0 Å². The lowest BCUT2D eigenvalue weighted by Gasteiger charge is -2.22. The lowest BCUT2D eigenvalue weighted by Crippen LogP contribution is -2.42. The van der Waals surface area contributed by atoms with Crippen LogP contribution < -0.4 is 10.6 Å². The Hall–Kier alpha value is -1.63. The van der Waals surface area contributed by atoms with Gasteiger partial charge in [-0.15, -0.1) is 0 Å². The van der Waals surface area contributed by atoms with E-state index in [2.05, 4.69) is 10.6 Å². The van der Waals surface area contributed by atoms with Gasteiger partial charge in [0.15, 0.2) is 0 Å². The number of rotatable bonds is 7. The minimum atomic E-state index is -0.877. The zero-order valence-corrected chi connectivity index (χ0v) is 11.5. The van der Waals surface area contributed by atoms with E-state index in [9.17, 15) is 14.4 Å². The van der Waals surface area contributed by atoms with Crippen LogP contribution in [0, 0.1) is 5.92 Å². The molecule has 0 radical (unpaired) electrons. The average Bonchev–Trinajstić information content (AvgIpc) is 2.42. The third kappa shape index (κ3) is 7.73. The molecule has 0 saturated carbocycles. The molecule has 114 valence electrons. The topological polar surface area (TPSA) is 105 Å². The molecule has 0 bridgehead atoms. The summed E-state index contributed by atoms with van der Waals surface area (Å²) >= 11 is 0. The summed E-state index contributed by atoms with van der Waals surface area (Å²) in [7, 11) is 0. The number of carbonyl (C=O) groups is 3. The predicted molar refractivity (Wildman–Crippen MR) is 71.2 cm³/mol. The van der Waals surface area contributed by atoms with Crippen molar-refractivity contribution in [1.82, 2.24) is 10.6 Å². The zero-order chi connectivity index (χ0) is 14.8. The molecule has 7 nitrogen and oxygen atoms in total. The fraction of sp³-hybridized carbons (Fsp3) is 0.769. The van der Waals surface area contributed by atoms with Crippen molar-refractivity contribution in [2.45, 2.75) is 38.5 Å². The smallest absolute Gasteiger partial charge is 0.321 e. The maximum absolute atomic E-state index is 11.5. The molecule has 1 unspecified atom stereocenters. The van der Waals surface area contributed by atoms with Crippen molar-refractivity contribution in [3.05, 3.63) is 0 Å². The lowest BCUT2D eigenvalue weighted by molar-refractivity contribution is -0.137. The predicted octanol–water partition coefficient (Wildman–Crippen LogP) is 0.884. The molecule has 0 aromatic heterocycles. The van der Waals surface area contributed by atoms with Gasteiger partial charge in [0.2, 0.25) is 5.91 Å². The second-order valence-corrected chi connectivity index (χ2v) is 4.94. The normalized spacial score (nSPS) is 18.3. The van der Waals surface area contributed by atoms with Crippen LogP contribution in [0.25, 0.3) is 0 Å². The van der Waals surface area contributed by atoms with Gasteiger partial charge in [-0.2, -0.15) is 0 Å². The van der Waals surface area contributed by atoms with Gasteiger partial charge in [0.25, 0.3) is 0 Å². The number of imide groups is 1. The van der Waals surface area contributed by atoms with E-state index in [0.717, 1.165) is 19.4 Å². The second kappa shape index (κ2) is 9.30. The third-order valence-electron chi connectivity index (χ3n) is 3.10. The SMILES string of the molecule is O=C(O)CCCCC(=O)NC(=O)NCC1CCCOC1. The number of carboxylic acid groups (broad SMARTS) is 1. The standard InChI is InChI=1S/C13H22N2O5/c16-11(5-1-2-6-12(17)18)15-13(19)14-8-10-4-3-7-20-9-10/h10H,1-9H2,(H,17,18)(H2,14,15,16,19). The number of nitrogens with one attached hydrogen (secondary N) is 2. The van der Waals surface area contributed by atoms with Gasteiger partial charge >= 0.3 is 12.0 Å². The number of carboxylic acids is 1. The van der Waals surface area contributed by atoms with E-state index in [1.165, 1.54) is 0 Å². The highest BCUT2D eigenvalue weighted by Crippen LogP contribution is 2.11. The van der Waals surface area contributed by atoms with Gasteiger partial charge in [0.05, 0.1) is 6.61 Å². The molecule has 20 heavy (non-hydrogen) atoms. The molecule has 1 saturated heterocycles. The first-order chi connectivity index (χ1) is 9.58. The Bertz CT molecular complexity index is 340. The van der Waals surface area contributed by atoms with Crippen molar-refractivity contribution in [2.75, 3.05) is 19.8 Å². The Morgan fingerprint density at radius 2 is 1.95 bits per heavy atom. The summed E-state index contributed by atoms with van der Waals surface area (Å²) in [5.41, 5.74) is 0. The largest absolute Gasteiger partial charge is 0.481 e. The Balaban J connectivity index is 2.05. The van der Waals surface area contributed by atoms with E-state index in [0.29, 0.717) is 31.9 Å². The Labute approximate surface area is 118 Å². The molecule has 1 heterocycles. The van der Waals surface area contributed by atoms with Crippen LogP contribution in [0.4, 0.5) is 4.79 Å². The summed E-state index contributed by atoms with van der Waals surface area (Å²) < 4.78 is 5.29. The molecule has 1 atom stereocenters.